The van der Waals surface area contributed by atoms with Crippen LogP contribution in [-0.4, -0.2) is 74.9 Å². The first-order valence-corrected chi connectivity index (χ1v) is 10.5. The van der Waals surface area contributed by atoms with Crippen LogP contribution in [0, 0.1) is 5.92 Å². The summed E-state index contributed by atoms with van der Waals surface area (Å²) in [6.45, 7) is 16.0. The van der Waals surface area contributed by atoms with Gasteiger partial charge in [0.15, 0.2) is 5.96 Å². The minimum absolute atomic E-state index is 0. The summed E-state index contributed by atoms with van der Waals surface area (Å²) in [4.78, 5) is 13.7. The number of aliphatic imine (C=N–C) groups is 1. The van der Waals surface area contributed by atoms with Gasteiger partial charge in [-0.25, -0.2) is 4.98 Å². The molecule has 1 fully saturated rings. The number of aromatic nitrogens is 1. The second kappa shape index (κ2) is 14.0. The fourth-order valence-corrected chi connectivity index (χ4v) is 3.56. The quantitative estimate of drug-likeness (QED) is 0.298. The summed E-state index contributed by atoms with van der Waals surface area (Å²) in [5.74, 6) is 2.42. The molecule has 0 radical (unpaired) electrons. The summed E-state index contributed by atoms with van der Waals surface area (Å²) in [5.41, 5.74) is 1.15. The summed E-state index contributed by atoms with van der Waals surface area (Å²) in [5, 5.41) is 6.90. The van der Waals surface area contributed by atoms with Gasteiger partial charge in [-0.1, -0.05) is 19.9 Å². The van der Waals surface area contributed by atoms with Gasteiger partial charge in [0.1, 0.15) is 5.82 Å². The van der Waals surface area contributed by atoms with Crippen molar-refractivity contribution in [2.45, 2.75) is 40.3 Å². The minimum atomic E-state index is 0. The number of rotatable bonds is 9. The molecule has 8 heteroatoms. The average Bonchev–Trinajstić information content (AvgIpc) is 2.73. The molecule has 0 aromatic carbocycles. The Bertz CT molecular complexity index is 585. The van der Waals surface area contributed by atoms with E-state index < -0.39 is 0 Å². The maximum absolute atomic E-state index is 5.49. The topological polar surface area (TPSA) is 65.0 Å². The van der Waals surface area contributed by atoms with E-state index in [1.165, 1.54) is 0 Å². The van der Waals surface area contributed by atoms with Gasteiger partial charge in [-0.2, -0.15) is 0 Å². The molecule has 2 N–H and O–H groups in total. The summed E-state index contributed by atoms with van der Waals surface area (Å²) >= 11 is 0. The molecule has 29 heavy (non-hydrogen) atoms. The van der Waals surface area contributed by atoms with Crippen molar-refractivity contribution in [3.63, 3.8) is 0 Å². The van der Waals surface area contributed by atoms with E-state index in [4.69, 9.17) is 4.74 Å². The molecular formula is C21H39IN6O. The number of guanidine groups is 1. The predicted octanol–water partition coefficient (Wildman–Crippen LogP) is 2.57. The number of morpholine rings is 1. The molecule has 2 rings (SSSR count). The van der Waals surface area contributed by atoms with Crippen molar-refractivity contribution in [3.05, 3.63) is 23.9 Å². The number of anilines is 1. The molecule has 0 amide bonds. The third-order valence-electron chi connectivity index (χ3n) is 5.34. The Morgan fingerprint density at radius 2 is 1.90 bits per heavy atom. The second-order valence-electron chi connectivity index (χ2n) is 7.46. The molecule has 2 heterocycles. The zero-order valence-electron chi connectivity index (χ0n) is 18.6. The molecule has 166 valence electrons. The summed E-state index contributed by atoms with van der Waals surface area (Å²) in [6.07, 6.45) is 1.94. The lowest BCUT2D eigenvalue weighted by Crippen LogP contribution is -2.52. The van der Waals surface area contributed by atoms with Crippen molar-refractivity contribution in [2.75, 3.05) is 57.9 Å². The molecular weight excluding hydrogens is 479 g/mol. The minimum Gasteiger partial charge on any atom is -0.379 e. The lowest BCUT2D eigenvalue weighted by molar-refractivity contribution is 0.00752. The van der Waals surface area contributed by atoms with Crippen LogP contribution < -0.4 is 15.5 Å². The van der Waals surface area contributed by atoms with Gasteiger partial charge in [0.25, 0.3) is 0 Å². The Balaban J connectivity index is 0.00000420. The van der Waals surface area contributed by atoms with Crippen LogP contribution in [-0.2, 0) is 11.3 Å². The van der Waals surface area contributed by atoms with E-state index in [0.717, 1.165) is 63.3 Å². The van der Waals surface area contributed by atoms with E-state index in [1.54, 1.807) is 0 Å². The highest BCUT2D eigenvalue weighted by Crippen LogP contribution is 2.13. The zero-order valence-corrected chi connectivity index (χ0v) is 21.0. The summed E-state index contributed by atoms with van der Waals surface area (Å²) < 4.78 is 5.49. The summed E-state index contributed by atoms with van der Waals surface area (Å²) in [6, 6.07) is 4.69. The van der Waals surface area contributed by atoms with Crippen molar-refractivity contribution in [1.82, 2.24) is 20.5 Å². The van der Waals surface area contributed by atoms with Crippen LogP contribution in [0.4, 0.5) is 5.82 Å². The van der Waals surface area contributed by atoms with Gasteiger partial charge in [0, 0.05) is 58.6 Å². The zero-order chi connectivity index (χ0) is 20.4. The average molecular weight is 518 g/mol. The van der Waals surface area contributed by atoms with E-state index in [2.05, 4.69) is 70.2 Å². The molecule has 7 nitrogen and oxygen atoms in total. The third-order valence-corrected chi connectivity index (χ3v) is 5.34. The van der Waals surface area contributed by atoms with Gasteiger partial charge in [-0.05, 0) is 31.4 Å². The van der Waals surface area contributed by atoms with E-state index in [0.29, 0.717) is 18.5 Å². The molecule has 0 bridgehead atoms. The van der Waals surface area contributed by atoms with Crippen LogP contribution in [0.25, 0.3) is 0 Å². The Morgan fingerprint density at radius 1 is 1.21 bits per heavy atom. The number of nitrogens with zero attached hydrogens (tertiary/aromatic N) is 4. The van der Waals surface area contributed by atoms with E-state index in [9.17, 15) is 0 Å². The fraction of sp³-hybridized carbons (Fsp3) is 0.714. The van der Waals surface area contributed by atoms with Gasteiger partial charge in [0.05, 0.1) is 13.2 Å². The lowest BCUT2D eigenvalue weighted by Gasteiger charge is -2.37. The SMILES string of the molecule is CCN(CC)c1ccc(CNC(=NC)NCC(C(C)C)N2CCOCC2)cn1.I. The van der Waals surface area contributed by atoms with Gasteiger partial charge in [0.2, 0.25) is 0 Å². The molecule has 0 saturated carbocycles. The van der Waals surface area contributed by atoms with Crippen LogP contribution in [0.2, 0.25) is 0 Å². The summed E-state index contributed by atoms with van der Waals surface area (Å²) in [7, 11) is 1.82. The molecule has 1 saturated heterocycles. The molecule has 0 aliphatic carbocycles. The highest BCUT2D eigenvalue weighted by Gasteiger charge is 2.23. The van der Waals surface area contributed by atoms with Crippen molar-refractivity contribution < 1.29 is 4.74 Å². The lowest BCUT2D eigenvalue weighted by atomic mass is 10.0. The van der Waals surface area contributed by atoms with Gasteiger partial charge in [-0.15, -0.1) is 24.0 Å². The third kappa shape index (κ3) is 8.25. The van der Waals surface area contributed by atoms with Crippen LogP contribution >= 0.6 is 24.0 Å². The first kappa shape index (κ1) is 25.9. The molecule has 1 aliphatic heterocycles. The van der Waals surface area contributed by atoms with Gasteiger partial charge >= 0.3 is 0 Å². The standard InChI is InChI=1S/C21H38N6O.HI/c1-6-26(7-2)20-9-8-18(14-23-20)15-24-21(22-5)25-16-19(17(3)4)27-10-12-28-13-11-27;/h8-9,14,17,19H,6-7,10-13,15-16H2,1-5H3,(H2,22,24,25);1H. The number of ether oxygens (including phenoxy) is 1. The Morgan fingerprint density at radius 3 is 2.41 bits per heavy atom. The molecule has 0 spiro atoms. The molecule has 1 atom stereocenters. The highest BCUT2D eigenvalue weighted by molar-refractivity contribution is 14.0. The van der Waals surface area contributed by atoms with E-state index in [1.807, 2.05) is 13.2 Å². The fourth-order valence-electron chi connectivity index (χ4n) is 3.56. The van der Waals surface area contributed by atoms with Crippen molar-refractivity contribution >= 4 is 35.8 Å². The maximum Gasteiger partial charge on any atom is 0.191 e. The second-order valence-corrected chi connectivity index (χ2v) is 7.46. The molecule has 1 aliphatic rings. The Labute approximate surface area is 193 Å². The van der Waals surface area contributed by atoms with Crippen LogP contribution in [0.3, 0.4) is 0 Å². The highest BCUT2D eigenvalue weighted by atomic mass is 127. The molecule has 1 unspecified atom stereocenters. The smallest absolute Gasteiger partial charge is 0.191 e. The van der Waals surface area contributed by atoms with Crippen LogP contribution in [0.5, 0.6) is 0 Å². The molecule has 1 aromatic rings. The number of pyridine rings is 1. The monoisotopic (exact) mass is 518 g/mol. The number of halogens is 1. The first-order valence-electron chi connectivity index (χ1n) is 10.5. The predicted molar refractivity (Wildman–Crippen MR) is 132 cm³/mol. The van der Waals surface area contributed by atoms with E-state index in [-0.39, 0.29) is 24.0 Å². The maximum atomic E-state index is 5.49. The molecule has 1 aromatic heterocycles. The number of hydrogen-bond donors (Lipinski definition) is 2. The largest absolute Gasteiger partial charge is 0.379 e. The number of nitrogens with one attached hydrogen (secondary N) is 2. The van der Waals surface area contributed by atoms with Crippen molar-refractivity contribution in [1.29, 1.82) is 0 Å². The van der Waals surface area contributed by atoms with Gasteiger partial charge < -0.3 is 20.3 Å². The van der Waals surface area contributed by atoms with Crippen molar-refractivity contribution in [3.8, 4) is 0 Å². The van der Waals surface area contributed by atoms with Crippen LogP contribution in [0.15, 0.2) is 23.3 Å². The van der Waals surface area contributed by atoms with Crippen LogP contribution in [0.1, 0.15) is 33.3 Å². The normalized spacial score (nSPS) is 16.3. The van der Waals surface area contributed by atoms with Crippen molar-refractivity contribution in [2.24, 2.45) is 10.9 Å². The Kier molecular flexibility index (Phi) is 12.5. The number of hydrogen-bond acceptors (Lipinski definition) is 5. The van der Waals surface area contributed by atoms with Gasteiger partial charge in [-0.3, -0.25) is 9.89 Å². The Hall–Kier alpha value is -1.13. The van der Waals surface area contributed by atoms with E-state index >= 15 is 0 Å². The first-order chi connectivity index (χ1) is 13.6.